The first-order chi connectivity index (χ1) is 12.6. The lowest BCUT2D eigenvalue weighted by Gasteiger charge is -2.23. The number of hydrogen-bond donors (Lipinski definition) is 0. The number of ketones is 1. The second-order valence-corrected chi connectivity index (χ2v) is 6.18. The van der Waals surface area contributed by atoms with Gasteiger partial charge in [0.15, 0.2) is 17.3 Å². The highest BCUT2D eigenvalue weighted by molar-refractivity contribution is 6.04. The topological polar surface area (TPSA) is 35.5 Å². The van der Waals surface area contributed by atoms with E-state index in [4.69, 9.17) is 4.74 Å². The first-order valence-electron chi connectivity index (χ1n) is 8.51. The molecule has 0 heterocycles. The molecule has 0 amide bonds. The van der Waals surface area contributed by atoms with Crippen molar-refractivity contribution in [1.82, 2.24) is 0 Å². The maximum Gasteiger partial charge on any atom is 0.387 e. The summed E-state index contributed by atoms with van der Waals surface area (Å²) in [6.07, 6.45) is 4.17. The second kappa shape index (κ2) is 8.13. The normalized spacial score (nSPS) is 19.0. The Labute approximate surface area is 151 Å². The van der Waals surface area contributed by atoms with Crippen LogP contribution in [0, 0.1) is 0 Å². The van der Waals surface area contributed by atoms with Gasteiger partial charge >= 0.3 is 6.61 Å². The van der Waals surface area contributed by atoms with Crippen LogP contribution in [0.25, 0.3) is 6.08 Å². The van der Waals surface area contributed by atoms with Gasteiger partial charge < -0.3 is 9.47 Å². The summed E-state index contributed by atoms with van der Waals surface area (Å²) in [5.74, 6) is 0.130. The fraction of sp³-hybridized carbons (Fsp3) is 0.286. The van der Waals surface area contributed by atoms with Crippen molar-refractivity contribution >= 4 is 11.9 Å². The molecule has 1 saturated carbocycles. The van der Waals surface area contributed by atoms with Crippen molar-refractivity contribution in [2.45, 2.75) is 31.8 Å². The molecular weight excluding hydrogens is 338 g/mol. The fourth-order valence-electron chi connectivity index (χ4n) is 3.29. The predicted molar refractivity (Wildman–Crippen MR) is 95.6 cm³/mol. The van der Waals surface area contributed by atoms with E-state index in [1.165, 1.54) is 13.2 Å². The van der Waals surface area contributed by atoms with Crippen molar-refractivity contribution in [2.24, 2.45) is 0 Å². The number of alkyl halides is 2. The number of rotatable bonds is 5. The van der Waals surface area contributed by atoms with Crippen LogP contribution in [-0.4, -0.2) is 19.5 Å². The zero-order valence-electron chi connectivity index (χ0n) is 14.5. The molecule has 0 aliphatic heterocycles. The molecular formula is C21H20F2O3. The van der Waals surface area contributed by atoms with Crippen molar-refractivity contribution in [2.75, 3.05) is 7.11 Å². The van der Waals surface area contributed by atoms with Gasteiger partial charge in [0.05, 0.1) is 7.11 Å². The Bertz CT molecular complexity index is 800. The zero-order valence-corrected chi connectivity index (χ0v) is 14.5. The van der Waals surface area contributed by atoms with Gasteiger partial charge in [-0.2, -0.15) is 8.78 Å². The van der Waals surface area contributed by atoms with Crippen LogP contribution in [-0.2, 0) is 4.79 Å². The summed E-state index contributed by atoms with van der Waals surface area (Å²) in [6.45, 7) is -2.94. The number of ether oxygens (including phenoxy) is 2. The van der Waals surface area contributed by atoms with E-state index in [1.54, 1.807) is 18.2 Å². The first-order valence-corrected chi connectivity index (χ1v) is 8.51. The van der Waals surface area contributed by atoms with Crippen molar-refractivity contribution in [1.29, 1.82) is 0 Å². The Kier molecular flexibility index (Phi) is 5.66. The number of benzene rings is 2. The Morgan fingerprint density at radius 2 is 1.88 bits per heavy atom. The molecule has 0 aromatic heterocycles. The zero-order chi connectivity index (χ0) is 18.5. The standard InChI is InChI=1S/C21H20F2O3/c1-25-18-11-10-14(13-19(18)26-21(22)23)12-16-8-5-9-17(20(16)24)15-6-3-2-4-7-15/h2-4,6-7,10-13,17,21H,5,8-9H2,1H3/b16-12+/t17-/m1/s1. The lowest BCUT2D eigenvalue weighted by molar-refractivity contribution is -0.117. The highest BCUT2D eigenvalue weighted by Crippen LogP contribution is 2.35. The summed E-state index contributed by atoms with van der Waals surface area (Å²) < 4.78 is 34.7. The van der Waals surface area contributed by atoms with Crippen molar-refractivity contribution < 1.29 is 23.0 Å². The maximum absolute atomic E-state index is 12.9. The number of Topliss-reactive ketones (excluding diaryl/α,β-unsaturated/α-hetero) is 1. The molecule has 1 fully saturated rings. The van der Waals surface area contributed by atoms with Gasteiger partial charge in [0.1, 0.15) is 0 Å². The van der Waals surface area contributed by atoms with Gasteiger partial charge in [-0.3, -0.25) is 4.79 Å². The number of methoxy groups -OCH3 is 1. The molecule has 1 aliphatic rings. The molecule has 0 unspecified atom stereocenters. The molecule has 5 heteroatoms. The minimum atomic E-state index is -2.94. The highest BCUT2D eigenvalue weighted by Gasteiger charge is 2.27. The van der Waals surface area contributed by atoms with Crippen LogP contribution in [0.4, 0.5) is 8.78 Å². The van der Waals surface area contributed by atoms with Crippen LogP contribution in [0.3, 0.4) is 0 Å². The fourth-order valence-corrected chi connectivity index (χ4v) is 3.29. The Morgan fingerprint density at radius 3 is 2.58 bits per heavy atom. The summed E-state index contributed by atoms with van der Waals surface area (Å²) in [7, 11) is 1.39. The Hall–Kier alpha value is -2.69. The molecule has 1 aliphatic carbocycles. The van der Waals surface area contributed by atoms with Crippen molar-refractivity contribution in [3.63, 3.8) is 0 Å². The quantitative estimate of drug-likeness (QED) is 0.688. The maximum atomic E-state index is 12.9. The summed E-state index contributed by atoms with van der Waals surface area (Å²) >= 11 is 0. The predicted octanol–water partition coefficient (Wildman–Crippen LogP) is 5.22. The lowest BCUT2D eigenvalue weighted by atomic mass is 9.79. The van der Waals surface area contributed by atoms with Gasteiger partial charge in [0.2, 0.25) is 0 Å². The van der Waals surface area contributed by atoms with Crippen molar-refractivity contribution in [3.05, 3.63) is 65.2 Å². The third-order valence-electron chi connectivity index (χ3n) is 4.52. The molecule has 0 N–H and O–H groups in total. The van der Waals surface area contributed by atoms with Gasteiger partial charge in [-0.1, -0.05) is 36.4 Å². The van der Waals surface area contributed by atoms with Crippen LogP contribution in [0.1, 0.15) is 36.3 Å². The lowest BCUT2D eigenvalue weighted by Crippen LogP contribution is -2.19. The van der Waals surface area contributed by atoms with E-state index in [9.17, 15) is 13.6 Å². The number of carbonyl (C=O) groups excluding carboxylic acids is 1. The van der Waals surface area contributed by atoms with Crippen LogP contribution in [0.15, 0.2) is 54.1 Å². The van der Waals surface area contributed by atoms with E-state index in [1.807, 2.05) is 30.3 Å². The summed E-state index contributed by atoms with van der Waals surface area (Å²) in [4.78, 5) is 12.9. The van der Waals surface area contributed by atoms with Crippen LogP contribution in [0.5, 0.6) is 11.5 Å². The van der Waals surface area contributed by atoms with E-state index in [0.717, 1.165) is 18.4 Å². The molecule has 136 valence electrons. The first kappa shape index (κ1) is 18.1. The largest absolute Gasteiger partial charge is 0.493 e. The number of allylic oxidation sites excluding steroid dienone is 1. The van der Waals surface area contributed by atoms with Gasteiger partial charge in [-0.15, -0.1) is 0 Å². The molecule has 3 rings (SSSR count). The molecule has 0 radical (unpaired) electrons. The molecule has 0 saturated heterocycles. The number of carbonyl (C=O) groups is 1. The Morgan fingerprint density at radius 1 is 1.12 bits per heavy atom. The van der Waals surface area contributed by atoms with E-state index >= 15 is 0 Å². The van der Waals surface area contributed by atoms with E-state index in [-0.39, 0.29) is 23.2 Å². The van der Waals surface area contributed by atoms with E-state index < -0.39 is 6.61 Å². The average molecular weight is 358 g/mol. The van der Waals surface area contributed by atoms with Gasteiger partial charge in [0.25, 0.3) is 0 Å². The average Bonchev–Trinajstić information content (AvgIpc) is 2.64. The monoisotopic (exact) mass is 358 g/mol. The molecule has 26 heavy (non-hydrogen) atoms. The molecule has 1 atom stereocenters. The van der Waals surface area contributed by atoms with E-state index in [2.05, 4.69) is 4.74 Å². The van der Waals surface area contributed by atoms with Gasteiger partial charge in [-0.05, 0) is 54.2 Å². The van der Waals surface area contributed by atoms with Crippen LogP contribution >= 0.6 is 0 Å². The summed E-state index contributed by atoms with van der Waals surface area (Å²) in [6, 6.07) is 14.5. The molecule has 0 bridgehead atoms. The highest BCUT2D eigenvalue weighted by atomic mass is 19.3. The molecule has 2 aromatic carbocycles. The third kappa shape index (κ3) is 4.10. The number of hydrogen-bond acceptors (Lipinski definition) is 3. The smallest absolute Gasteiger partial charge is 0.387 e. The summed E-state index contributed by atoms with van der Waals surface area (Å²) in [5, 5.41) is 0. The molecule has 2 aromatic rings. The third-order valence-corrected chi connectivity index (χ3v) is 4.52. The second-order valence-electron chi connectivity index (χ2n) is 6.18. The summed E-state index contributed by atoms with van der Waals surface area (Å²) in [5.41, 5.74) is 2.36. The minimum Gasteiger partial charge on any atom is -0.493 e. The van der Waals surface area contributed by atoms with Gasteiger partial charge in [-0.25, -0.2) is 0 Å². The minimum absolute atomic E-state index is 0.0419. The van der Waals surface area contributed by atoms with Crippen LogP contribution in [0.2, 0.25) is 0 Å². The van der Waals surface area contributed by atoms with Gasteiger partial charge in [0, 0.05) is 5.92 Å². The Balaban J connectivity index is 1.88. The molecule has 0 spiro atoms. The van der Waals surface area contributed by atoms with Crippen LogP contribution < -0.4 is 9.47 Å². The SMILES string of the molecule is COc1ccc(/C=C2\CCC[C@H](c3ccccc3)C2=O)cc1OC(F)F. The van der Waals surface area contributed by atoms with Crippen molar-refractivity contribution in [3.8, 4) is 11.5 Å². The molecule has 3 nitrogen and oxygen atoms in total. The number of halogens is 2. The van der Waals surface area contributed by atoms with E-state index in [0.29, 0.717) is 17.6 Å².